The first kappa shape index (κ1) is 16.8. The number of amides is 1. The third kappa shape index (κ3) is 5.00. The summed E-state index contributed by atoms with van der Waals surface area (Å²) in [5.74, 6) is -0.450. The Morgan fingerprint density at radius 2 is 2.05 bits per heavy atom. The lowest BCUT2D eigenvalue weighted by Gasteiger charge is -2.28. The molecule has 0 radical (unpaired) electrons. The fraction of sp³-hybridized carbons (Fsp3) is 0.857. The van der Waals surface area contributed by atoms with Crippen LogP contribution in [0.5, 0.6) is 0 Å². The molecule has 1 aliphatic rings. The van der Waals surface area contributed by atoms with Gasteiger partial charge in [0.25, 0.3) is 0 Å². The van der Waals surface area contributed by atoms with Crippen LogP contribution in [-0.4, -0.2) is 43.0 Å². The molecular formula is C14H25NO5. The Hall–Kier alpha value is -1.30. The van der Waals surface area contributed by atoms with Gasteiger partial charge in [0.2, 0.25) is 0 Å². The molecule has 0 saturated carbocycles. The number of unbranched alkanes of at least 4 members (excludes halogenated alkanes) is 1. The fourth-order valence-electron chi connectivity index (χ4n) is 1.82. The fourth-order valence-corrected chi connectivity index (χ4v) is 1.82. The van der Waals surface area contributed by atoms with Crippen LogP contribution < -0.4 is 5.32 Å². The Labute approximate surface area is 120 Å². The summed E-state index contributed by atoms with van der Waals surface area (Å²) in [5, 5.41) is 2.61. The Bertz CT molecular complexity index is 342. The van der Waals surface area contributed by atoms with E-state index in [0.29, 0.717) is 19.6 Å². The molecule has 6 nitrogen and oxygen atoms in total. The van der Waals surface area contributed by atoms with Crippen molar-refractivity contribution in [3.05, 3.63) is 0 Å². The van der Waals surface area contributed by atoms with Crippen molar-refractivity contribution >= 4 is 12.1 Å². The monoisotopic (exact) mass is 287 g/mol. The quantitative estimate of drug-likeness (QED) is 0.618. The van der Waals surface area contributed by atoms with Crippen LogP contribution in [0.4, 0.5) is 4.79 Å². The lowest BCUT2D eigenvalue weighted by atomic mass is 9.99. The number of carbonyl (C=O) groups excluding carboxylic acids is 2. The van der Waals surface area contributed by atoms with E-state index in [1.165, 1.54) is 0 Å². The Balaban J connectivity index is 2.62. The molecule has 0 aromatic carbocycles. The first-order valence-electron chi connectivity index (χ1n) is 7.05. The second kappa shape index (κ2) is 6.92. The van der Waals surface area contributed by atoms with Crippen molar-refractivity contribution in [2.75, 3.05) is 19.8 Å². The van der Waals surface area contributed by atoms with E-state index in [2.05, 4.69) is 5.32 Å². The number of hydrogen-bond donors (Lipinski definition) is 1. The molecule has 1 amide bonds. The summed E-state index contributed by atoms with van der Waals surface area (Å²) >= 11 is 0. The zero-order chi connectivity index (χ0) is 15.2. The first-order valence-corrected chi connectivity index (χ1v) is 7.05. The van der Waals surface area contributed by atoms with Crippen LogP contribution in [-0.2, 0) is 19.0 Å². The third-order valence-electron chi connectivity index (χ3n) is 2.88. The zero-order valence-corrected chi connectivity index (χ0v) is 12.8. The average molecular weight is 287 g/mol. The minimum atomic E-state index is -1.12. The Morgan fingerprint density at radius 1 is 1.35 bits per heavy atom. The molecule has 6 heteroatoms. The van der Waals surface area contributed by atoms with E-state index in [4.69, 9.17) is 14.2 Å². The molecule has 0 bridgehead atoms. The van der Waals surface area contributed by atoms with Crippen LogP contribution in [0.2, 0.25) is 0 Å². The van der Waals surface area contributed by atoms with Crippen molar-refractivity contribution in [1.82, 2.24) is 5.32 Å². The number of nitrogens with one attached hydrogen (secondary N) is 1. The summed E-state index contributed by atoms with van der Waals surface area (Å²) in [6.07, 6.45) is 1.51. The van der Waals surface area contributed by atoms with Crippen molar-refractivity contribution in [3.8, 4) is 0 Å². The maximum Gasteiger partial charge on any atom is 0.408 e. The lowest BCUT2D eigenvalue weighted by molar-refractivity contribution is -0.151. The summed E-state index contributed by atoms with van der Waals surface area (Å²) < 4.78 is 15.6. The van der Waals surface area contributed by atoms with E-state index in [0.717, 1.165) is 12.8 Å². The molecule has 20 heavy (non-hydrogen) atoms. The SMILES string of the molecule is CCCCOC(=O)C1(NC(=O)OC(C)(C)C)CCOC1. The minimum absolute atomic E-state index is 0.122. The lowest BCUT2D eigenvalue weighted by Crippen LogP contribution is -2.56. The number of esters is 1. The maximum absolute atomic E-state index is 12.2. The molecule has 1 N–H and O–H groups in total. The van der Waals surface area contributed by atoms with Gasteiger partial charge < -0.3 is 19.5 Å². The summed E-state index contributed by atoms with van der Waals surface area (Å²) in [6.45, 7) is 8.21. The standard InChI is InChI=1S/C14H25NO5/c1-5-6-8-19-11(16)14(7-9-18-10-14)15-12(17)20-13(2,3)4/h5-10H2,1-4H3,(H,15,17). The average Bonchev–Trinajstić information content (AvgIpc) is 2.76. The van der Waals surface area contributed by atoms with Gasteiger partial charge in [0, 0.05) is 13.0 Å². The normalized spacial score (nSPS) is 22.4. The van der Waals surface area contributed by atoms with Crippen LogP contribution in [0.1, 0.15) is 47.0 Å². The second-order valence-electron chi connectivity index (χ2n) is 6.00. The van der Waals surface area contributed by atoms with Gasteiger partial charge in [-0.05, 0) is 27.2 Å². The molecule has 0 aromatic rings. The molecule has 0 aliphatic carbocycles. The number of carbonyl (C=O) groups is 2. The molecule has 116 valence electrons. The molecule has 1 aliphatic heterocycles. The molecule has 1 unspecified atom stereocenters. The van der Waals surface area contributed by atoms with Gasteiger partial charge >= 0.3 is 12.1 Å². The first-order chi connectivity index (χ1) is 9.29. The van der Waals surface area contributed by atoms with E-state index in [1.807, 2.05) is 6.92 Å². The van der Waals surface area contributed by atoms with E-state index in [9.17, 15) is 9.59 Å². The molecule has 1 atom stereocenters. The molecule has 1 heterocycles. The topological polar surface area (TPSA) is 73.9 Å². The largest absolute Gasteiger partial charge is 0.464 e. The van der Waals surface area contributed by atoms with E-state index >= 15 is 0 Å². The Kier molecular flexibility index (Phi) is 5.80. The number of alkyl carbamates (subject to hydrolysis) is 1. The predicted molar refractivity (Wildman–Crippen MR) is 73.4 cm³/mol. The number of rotatable bonds is 5. The van der Waals surface area contributed by atoms with Gasteiger partial charge in [-0.3, -0.25) is 0 Å². The van der Waals surface area contributed by atoms with Crippen LogP contribution in [0.15, 0.2) is 0 Å². The molecule has 0 aromatic heterocycles. The van der Waals surface area contributed by atoms with Gasteiger partial charge in [0.05, 0.1) is 13.2 Å². The van der Waals surface area contributed by atoms with Gasteiger partial charge in [-0.25, -0.2) is 9.59 Å². The highest BCUT2D eigenvalue weighted by atomic mass is 16.6. The van der Waals surface area contributed by atoms with Gasteiger partial charge in [0.1, 0.15) is 5.60 Å². The Morgan fingerprint density at radius 3 is 2.55 bits per heavy atom. The van der Waals surface area contributed by atoms with Crippen molar-refractivity contribution < 1.29 is 23.8 Å². The number of ether oxygens (including phenoxy) is 3. The van der Waals surface area contributed by atoms with Crippen LogP contribution in [0, 0.1) is 0 Å². The minimum Gasteiger partial charge on any atom is -0.464 e. The molecule has 0 spiro atoms. The van der Waals surface area contributed by atoms with Gasteiger partial charge in [-0.15, -0.1) is 0 Å². The predicted octanol–water partition coefficient (Wildman–Crippen LogP) is 2.01. The van der Waals surface area contributed by atoms with Gasteiger partial charge in [-0.2, -0.15) is 0 Å². The van der Waals surface area contributed by atoms with Crippen LogP contribution >= 0.6 is 0 Å². The van der Waals surface area contributed by atoms with E-state index < -0.39 is 23.2 Å². The van der Waals surface area contributed by atoms with Crippen LogP contribution in [0.3, 0.4) is 0 Å². The third-order valence-corrected chi connectivity index (χ3v) is 2.88. The summed E-state index contributed by atoms with van der Waals surface area (Å²) in [5.41, 5.74) is -1.73. The van der Waals surface area contributed by atoms with Crippen LogP contribution in [0.25, 0.3) is 0 Å². The highest BCUT2D eigenvalue weighted by Gasteiger charge is 2.46. The highest BCUT2D eigenvalue weighted by molar-refractivity contribution is 5.86. The number of hydrogen-bond acceptors (Lipinski definition) is 5. The summed E-state index contributed by atoms with van der Waals surface area (Å²) in [4.78, 5) is 24.0. The van der Waals surface area contributed by atoms with Crippen molar-refractivity contribution in [2.24, 2.45) is 0 Å². The molecular weight excluding hydrogens is 262 g/mol. The van der Waals surface area contributed by atoms with Crippen molar-refractivity contribution in [2.45, 2.75) is 58.1 Å². The van der Waals surface area contributed by atoms with Crippen molar-refractivity contribution in [3.63, 3.8) is 0 Å². The van der Waals surface area contributed by atoms with E-state index in [1.54, 1.807) is 20.8 Å². The molecule has 1 fully saturated rings. The molecule has 1 saturated heterocycles. The van der Waals surface area contributed by atoms with Gasteiger partial charge in [0.15, 0.2) is 5.54 Å². The zero-order valence-electron chi connectivity index (χ0n) is 12.8. The highest BCUT2D eigenvalue weighted by Crippen LogP contribution is 2.21. The maximum atomic E-state index is 12.2. The second-order valence-corrected chi connectivity index (χ2v) is 6.00. The van der Waals surface area contributed by atoms with Gasteiger partial charge in [-0.1, -0.05) is 13.3 Å². The molecule has 1 rings (SSSR count). The van der Waals surface area contributed by atoms with Crippen molar-refractivity contribution in [1.29, 1.82) is 0 Å². The summed E-state index contributed by atoms with van der Waals surface area (Å²) in [6, 6.07) is 0. The summed E-state index contributed by atoms with van der Waals surface area (Å²) in [7, 11) is 0. The van der Waals surface area contributed by atoms with E-state index in [-0.39, 0.29) is 6.61 Å². The smallest absolute Gasteiger partial charge is 0.408 e.